The topological polar surface area (TPSA) is 83.2 Å². The zero-order chi connectivity index (χ0) is 18.4. The Morgan fingerprint density at radius 3 is 2.65 bits per heavy atom. The second-order valence-electron chi connectivity index (χ2n) is 5.88. The Balaban J connectivity index is 1.53. The van der Waals surface area contributed by atoms with Gasteiger partial charge in [-0.15, -0.1) is 0 Å². The number of aromatic amines is 1. The summed E-state index contributed by atoms with van der Waals surface area (Å²) in [6.45, 7) is 0.640. The third-order valence-electron chi connectivity index (χ3n) is 4.14. The number of amides is 2. The van der Waals surface area contributed by atoms with E-state index in [1.54, 1.807) is 13.2 Å². The first-order valence-corrected chi connectivity index (χ1v) is 8.42. The first-order chi connectivity index (χ1) is 12.7. The molecule has 0 atom stereocenters. The second kappa shape index (κ2) is 8.20. The smallest absolute Gasteiger partial charge is 0.315 e. The number of pyridine rings is 1. The lowest BCUT2D eigenvalue weighted by Crippen LogP contribution is -2.37. The SMILES string of the molecule is COc1ccccc1CCNC(=O)NCc1cc2ccccc2[nH]c1=O. The van der Waals surface area contributed by atoms with E-state index in [2.05, 4.69) is 15.6 Å². The van der Waals surface area contributed by atoms with E-state index in [1.165, 1.54) is 0 Å². The van der Waals surface area contributed by atoms with Crippen LogP contribution in [-0.4, -0.2) is 24.7 Å². The van der Waals surface area contributed by atoms with E-state index in [-0.39, 0.29) is 18.1 Å². The number of carbonyl (C=O) groups is 1. The van der Waals surface area contributed by atoms with Gasteiger partial charge in [0.05, 0.1) is 7.11 Å². The van der Waals surface area contributed by atoms with Crippen LogP contribution in [0.2, 0.25) is 0 Å². The standard InChI is InChI=1S/C20H21N3O3/c1-26-18-9-5-3-6-14(18)10-11-21-20(25)22-13-16-12-15-7-2-4-8-17(15)23-19(16)24/h2-9,12H,10-11,13H2,1H3,(H,23,24)(H2,21,22,25). The number of aromatic nitrogens is 1. The van der Waals surface area contributed by atoms with Crippen LogP contribution in [0.4, 0.5) is 4.79 Å². The Labute approximate surface area is 151 Å². The molecular weight excluding hydrogens is 330 g/mol. The molecule has 0 aliphatic rings. The fourth-order valence-electron chi connectivity index (χ4n) is 2.78. The van der Waals surface area contributed by atoms with Crippen molar-refractivity contribution in [1.82, 2.24) is 15.6 Å². The Kier molecular flexibility index (Phi) is 5.53. The molecule has 0 saturated carbocycles. The van der Waals surface area contributed by atoms with E-state index in [4.69, 9.17) is 4.74 Å². The lowest BCUT2D eigenvalue weighted by Gasteiger charge is -2.10. The van der Waals surface area contributed by atoms with Crippen molar-refractivity contribution in [3.8, 4) is 5.75 Å². The summed E-state index contributed by atoms with van der Waals surface area (Å²) in [4.78, 5) is 26.9. The summed E-state index contributed by atoms with van der Waals surface area (Å²) in [6, 6.07) is 16.7. The van der Waals surface area contributed by atoms with Gasteiger partial charge in [-0.05, 0) is 35.6 Å². The Morgan fingerprint density at radius 2 is 1.81 bits per heavy atom. The number of benzene rings is 2. The average molecular weight is 351 g/mol. The van der Waals surface area contributed by atoms with Crippen LogP contribution < -0.4 is 20.9 Å². The zero-order valence-electron chi connectivity index (χ0n) is 14.5. The number of rotatable bonds is 6. The predicted octanol–water partition coefficient (Wildman–Crippen LogP) is 2.58. The highest BCUT2D eigenvalue weighted by atomic mass is 16.5. The lowest BCUT2D eigenvalue weighted by atomic mass is 10.1. The highest BCUT2D eigenvalue weighted by Gasteiger charge is 2.06. The molecule has 0 unspecified atom stereocenters. The summed E-state index contributed by atoms with van der Waals surface area (Å²) in [5.74, 6) is 0.803. The van der Waals surface area contributed by atoms with Crippen molar-refractivity contribution < 1.29 is 9.53 Å². The molecule has 3 N–H and O–H groups in total. The summed E-state index contributed by atoms with van der Waals surface area (Å²) >= 11 is 0. The van der Waals surface area contributed by atoms with Gasteiger partial charge in [0.1, 0.15) is 5.75 Å². The Morgan fingerprint density at radius 1 is 1.04 bits per heavy atom. The van der Waals surface area contributed by atoms with Gasteiger partial charge in [0.2, 0.25) is 0 Å². The highest BCUT2D eigenvalue weighted by Crippen LogP contribution is 2.17. The summed E-state index contributed by atoms with van der Waals surface area (Å²) in [5, 5.41) is 6.44. The molecule has 1 heterocycles. The van der Waals surface area contributed by atoms with E-state index in [1.807, 2.05) is 48.5 Å². The second-order valence-corrected chi connectivity index (χ2v) is 5.88. The highest BCUT2D eigenvalue weighted by molar-refractivity contribution is 5.79. The molecule has 0 radical (unpaired) electrons. The Bertz CT molecular complexity index is 966. The third kappa shape index (κ3) is 4.22. The molecule has 3 rings (SSSR count). The van der Waals surface area contributed by atoms with Crippen LogP contribution in [0.15, 0.2) is 59.4 Å². The summed E-state index contributed by atoms with van der Waals surface area (Å²) in [6.07, 6.45) is 0.661. The van der Waals surface area contributed by atoms with Gasteiger partial charge >= 0.3 is 6.03 Å². The maximum Gasteiger partial charge on any atom is 0.315 e. The van der Waals surface area contributed by atoms with Crippen LogP contribution in [0.1, 0.15) is 11.1 Å². The number of hydrogen-bond donors (Lipinski definition) is 3. The van der Waals surface area contributed by atoms with Crippen molar-refractivity contribution in [3.05, 3.63) is 76.1 Å². The van der Waals surface area contributed by atoms with Gasteiger partial charge in [-0.2, -0.15) is 0 Å². The molecule has 0 aliphatic carbocycles. The monoisotopic (exact) mass is 351 g/mol. The molecule has 26 heavy (non-hydrogen) atoms. The van der Waals surface area contributed by atoms with E-state index in [0.717, 1.165) is 22.2 Å². The number of carbonyl (C=O) groups excluding carboxylic acids is 1. The number of urea groups is 1. The van der Waals surface area contributed by atoms with E-state index < -0.39 is 0 Å². The maximum atomic E-state index is 12.1. The number of fused-ring (bicyclic) bond motifs is 1. The molecule has 2 aromatic carbocycles. The minimum Gasteiger partial charge on any atom is -0.496 e. The van der Waals surface area contributed by atoms with Crippen molar-refractivity contribution in [1.29, 1.82) is 0 Å². The summed E-state index contributed by atoms with van der Waals surface area (Å²) < 4.78 is 5.29. The van der Waals surface area contributed by atoms with Crippen molar-refractivity contribution in [3.63, 3.8) is 0 Å². The van der Waals surface area contributed by atoms with Crippen LogP contribution in [-0.2, 0) is 13.0 Å². The van der Waals surface area contributed by atoms with Crippen molar-refractivity contribution in [2.24, 2.45) is 0 Å². The number of para-hydroxylation sites is 2. The molecule has 0 spiro atoms. The van der Waals surface area contributed by atoms with Gasteiger partial charge < -0.3 is 20.4 Å². The number of nitrogens with one attached hydrogen (secondary N) is 3. The quantitative estimate of drug-likeness (QED) is 0.638. The molecule has 0 saturated heterocycles. The molecule has 3 aromatic rings. The molecule has 2 amide bonds. The molecule has 0 aliphatic heterocycles. The van der Waals surface area contributed by atoms with Crippen LogP contribution in [0.3, 0.4) is 0 Å². The number of methoxy groups -OCH3 is 1. The first-order valence-electron chi connectivity index (χ1n) is 8.42. The van der Waals surface area contributed by atoms with Gasteiger partial charge in [-0.1, -0.05) is 36.4 Å². The number of H-pyrrole nitrogens is 1. The zero-order valence-corrected chi connectivity index (χ0v) is 14.5. The maximum absolute atomic E-state index is 12.1. The lowest BCUT2D eigenvalue weighted by molar-refractivity contribution is 0.240. The molecule has 0 bridgehead atoms. The third-order valence-corrected chi connectivity index (χ3v) is 4.14. The number of ether oxygens (including phenoxy) is 1. The van der Waals surface area contributed by atoms with Gasteiger partial charge in [0.15, 0.2) is 0 Å². The van der Waals surface area contributed by atoms with Gasteiger partial charge in [0.25, 0.3) is 5.56 Å². The molecule has 6 nitrogen and oxygen atoms in total. The molecule has 134 valence electrons. The normalized spacial score (nSPS) is 10.5. The van der Waals surface area contributed by atoms with Crippen LogP contribution in [0.5, 0.6) is 5.75 Å². The van der Waals surface area contributed by atoms with Crippen molar-refractivity contribution in [2.75, 3.05) is 13.7 Å². The van der Waals surface area contributed by atoms with Crippen molar-refractivity contribution in [2.45, 2.75) is 13.0 Å². The molecular formula is C20H21N3O3. The minimum atomic E-state index is -0.313. The van der Waals surface area contributed by atoms with Crippen LogP contribution in [0.25, 0.3) is 10.9 Å². The first kappa shape index (κ1) is 17.5. The largest absolute Gasteiger partial charge is 0.496 e. The van der Waals surface area contributed by atoms with Crippen LogP contribution >= 0.6 is 0 Å². The average Bonchev–Trinajstić information content (AvgIpc) is 2.66. The van der Waals surface area contributed by atoms with Crippen molar-refractivity contribution >= 4 is 16.9 Å². The predicted molar refractivity (Wildman–Crippen MR) is 102 cm³/mol. The van der Waals surface area contributed by atoms with Gasteiger partial charge in [-0.3, -0.25) is 4.79 Å². The minimum absolute atomic E-state index is 0.167. The van der Waals surface area contributed by atoms with E-state index in [0.29, 0.717) is 18.5 Å². The van der Waals surface area contributed by atoms with E-state index >= 15 is 0 Å². The fourth-order valence-corrected chi connectivity index (χ4v) is 2.78. The van der Waals surface area contributed by atoms with Gasteiger partial charge in [0, 0.05) is 24.2 Å². The molecule has 0 fully saturated rings. The van der Waals surface area contributed by atoms with E-state index in [9.17, 15) is 9.59 Å². The summed E-state index contributed by atoms with van der Waals surface area (Å²) in [7, 11) is 1.63. The van der Waals surface area contributed by atoms with Crippen LogP contribution in [0, 0.1) is 0 Å². The summed E-state index contributed by atoms with van der Waals surface area (Å²) in [5.41, 5.74) is 2.13. The van der Waals surface area contributed by atoms with Gasteiger partial charge in [-0.25, -0.2) is 4.79 Å². The Hall–Kier alpha value is -3.28. The molecule has 6 heteroatoms. The molecule has 1 aromatic heterocycles. The fraction of sp³-hybridized carbons (Fsp3) is 0.200. The number of hydrogen-bond acceptors (Lipinski definition) is 3.